The molecule has 1 aliphatic heterocycles. The second kappa shape index (κ2) is 7.63. The van der Waals surface area contributed by atoms with Crippen LogP contribution in [-0.4, -0.2) is 48.6 Å². The lowest BCUT2D eigenvalue weighted by Gasteiger charge is -2.35. The molecular weight excluding hydrogens is 405 g/mol. The topological polar surface area (TPSA) is 45.7 Å². The molecule has 6 heteroatoms. The predicted octanol–water partition coefficient (Wildman–Crippen LogP) is 2.41. The number of hydrogen-bond acceptors (Lipinski definition) is 4. The van der Waals surface area contributed by atoms with Gasteiger partial charge in [-0.05, 0) is 46.9 Å². The van der Waals surface area contributed by atoms with Crippen LogP contribution >= 0.6 is 22.6 Å². The minimum Gasteiger partial charge on any atom is -0.483 e. The monoisotopic (exact) mass is 423 g/mol. The Bertz CT molecular complexity index is 658. The van der Waals surface area contributed by atoms with Crippen molar-refractivity contribution in [1.29, 1.82) is 0 Å². The van der Waals surface area contributed by atoms with Crippen molar-refractivity contribution in [2.24, 2.45) is 0 Å². The predicted molar refractivity (Wildman–Crippen MR) is 97.7 cm³/mol. The van der Waals surface area contributed by atoms with Gasteiger partial charge in [0.15, 0.2) is 6.61 Å². The van der Waals surface area contributed by atoms with E-state index in [-0.39, 0.29) is 12.5 Å². The number of hydrogen-bond donors (Lipinski definition) is 0. The summed E-state index contributed by atoms with van der Waals surface area (Å²) >= 11 is 2.21. The second-order valence-corrected chi connectivity index (χ2v) is 6.44. The van der Waals surface area contributed by atoms with Crippen LogP contribution in [0.2, 0.25) is 0 Å². The van der Waals surface area contributed by atoms with E-state index in [1.165, 1.54) is 0 Å². The van der Waals surface area contributed by atoms with Crippen molar-refractivity contribution >= 4 is 34.3 Å². The van der Waals surface area contributed by atoms with E-state index in [4.69, 9.17) is 4.74 Å². The highest BCUT2D eigenvalue weighted by molar-refractivity contribution is 14.1. The zero-order valence-electron chi connectivity index (χ0n) is 12.7. The number of anilines is 1. The molecule has 0 N–H and O–H groups in total. The van der Waals surface area contributed by atoms with Crippen LogP contribution in [0.5, 0.6) is 5.75 Å². The largest absolute Gasteiger partial charge is 0.483 e. The van der Waals surface area contributed by atoms with Gasteiger partial charge in [-0.3, -0.25) is 4.79 Å². The molecule has 1 amide bonds. The van der Waals surface area contributed by atoms with Gasteiger partial charge < -0.3 is 14.5 Å². The van der Waals surface area contributed by atoms with Gasteiger partial charge in [0, 0.05) is 32.4 Å². The summed E-state index contributed by atoms with van der Waals surface area (Å²) in [5.74, 6) is 1.76. The average molecular weight is 423 g/mol. The molecule has 5 nitrogen and oxygen atoms in total. The smallest absolute Gasteiger partial charge is 0.260 e. The van der Waals surface area contributed by atoms with Crippen molar-refractivity contribution in [1.82, 2.24) is 9.88 Å². The van der Waals surface area contributed by atoms with Crippen LogP contribution < -0.4 is 9.64 Å². The molecule has 2 heterocycles. The Morgan fingerprint density at radius 3 is 2.52 bits per heavy atom. The maximum Gasteiger partial charge on any atom is 0.260 e. The summed E-state index contributed by atoms with van der Waals surface area (Å²) in [5, 5.41) is 0. The summed E-state index contributed by atoms with van der Waals surface area (Å²) < 4.78 is 6.65. The minimum atomic E-state index is 0.0327. The van der Waals surface area contributed by atoms with Crippen LogP contribution in [-0.2, 0) is 4.79 Å². The van der Waals surface area contributed by atoms with Crippen LogP contribution in [0, 0.1) is 3.57 Å². The van der Waals surface area contributed by atoms with Gasteiger partial charge in [-0.25, -0.2) is 4.98 Å². The van der Waals surface area contributed by atoms with Gasteiger partial charge in [-0.1, -0.05) is 18.2 Å². The highest BCUT2D eigenvalue weighted by atomic mass is 127. The number of halogens is 1. The maximum atomic E-state index is 12.3. The maximum absolute atomic E-state index is 12.3. The Balaban J connectivity index is 1.50. The zero-order chi connectivity index (χ0) is 16.1. The fourth-order valence-electron chi connectivity index (χ4n) is 2.52. The quantitative estimate of drug-likeness (QED) is 0.709. The van der Waals surface area contributed by atoms with Crippen LogP contribution in [0.25, 0.3) is 0 Å². The van der Waals surface area contributed by atoms with Crippen molar-refractivity contribution in [2.45, 2.75) is 0 Å². The molecule has 23 heavy (non-hydrogen) atoms. The first-order valence-electron chi connectivity index (χ1n) is 7.55. The molecule has 1 aromatic heterocycles. The van der Waals surface area contributed by atoms with E-state index >= 15 is 0 Å². The van der Waals surface area contributed by atoms with Gasteiger partial charge in [0.05, 0.1) is 3.57 Å². The summed E-state index contributed by atoms with van der Waals surface area (Å²) in [6.45, 7) is 3.08. The van der Waals surface area contributed by atoms with E-state index in [1.54, 1.807) is 6.20 Å². The molecule has 3 rings (SSSR count). The first kappa shape index (κ1) is 16.0. The Kier molecular flexibility index (Phi) is 5.32. The Morgan fingerprint density at radius 1 is 1.09 bits per heavy atom. The van der Waals surface area contributed by atoms with E-state index in [0.717, 1.165) is 28.2 Å². The molecule has 0 atom stereocenters. The number of nitrogens with zero attached hydrogens (tertiary/aromatic N) is 3. The summed E-state index contributed by atoms with van der Waals surface area (Å²) in [5.41, 5.74) is 0. The van der Waals surface area contributed by atoms with E-state index in [2.05, 4.69) is 32.5 Å². The standard InChI is InChI=1S/C17H18IN3O2/c18-14-5-1-2-6-15(14)23-13-17(22)21-11-9-20(10-12-21)16-7-3-4-8-19-16/h1-8H,9-13H2. The Labute approximate surface area is 149 Å². The average Bonchev–Trinajstić information content (AvgIpc) is 2.62. The molecule has 120 valence electrons. The fraction of sp³-hybridized carbons (Fsp3) is 0.294. The summed E-state index contributed by atoms with van der Waals surface area (Å²) in [6, 6.07) is 13.6. The molecule has 0 radical (unpaired) electrons. The third-order valence-electron chi connectivity index (χ3n) is 3.79. The summed E-state index contributed by atoms with van der Waals surface area (Å²) in [4.78, 5) is 20.7. The number of piperazine rings is 1. The van der Waals surface area contributed by atoms with E-state index < -0.39 is 0 Å². The number of amides is 1. The third-order valence-corrected chi connectivity index (χ3v) is 4.68. The first-order valence-corrected chi connectivity index (χ1v) is 8.63. The highest BCUT2D eigenvalue weighted by Crippen LogP contribution is 2.19. The van der Waals surface area contributed by atoms with E-state index in [0.29, 0.717) is 13.1 Å². The van der Waals surface area contributed by atoms with Gasteiger partial charge in [0.2, 0.25) is 0 Å². The number of rotatable bonds is 4. The molecule has 1 aliphatic rings. The lowest BCUT2D eigenvalue weighted by molar-refractivity contribution is -0.133. The Morgan fingerprint density at radius 2 is 1.83 bits per heavy atom. The fourth-order valence-corrected chi connectivity index (χ4v) is 3.06. The molecular formula is C17H18IN3O2. The molecule has 1 saturated heterocycles. The molecule has 1 fully saturated rings. The van der Waals surface area contributed by atoms with E-state index in [9.17, 15) is 4.79 Å². The van der Waals surface area contributed by atoms with Crippen LogP contribution in [0.15, 0.2) is 48.7 Å². The van der Waals surface area contributed by atoms with Crippen molar-refractivity contribution in [2.75, 3.05) is 37.7 Å². The second-order valence-electron chi connectivity index (χ2n) is 5.27. The third kappa shape index (κ3) is 4.13. The van der Waals surface area contributed by atoms with Crippen LogP contribution in [0.1, 0.15) is 0 Å². The first-order chi connectivity index (χ1) is 11.2. The number of benzene rings is 1. The van der Waals surface area contributed by atoms with Crippen molar-refractivity contribution in [3.8, 4) is 5.75 Å². The molecule has 0 saturated carbocycles. The lowest BCUT2D eigenvalue weighted by Crippen LogP contribution is -2.50. The van der Waals surface area contributed by atoms with Crippen molar-refractivity contribution in [3.63, 3.8) is 0 Å². The molecule has 0 aliphatic carbocycles. The van der Waals surface area contributed by atoms with Crippen LogP contribution in [0.4, 0.5) is 5.82 Å². The number of para-hydroxylation sites is 1. The molecule has 0 spiro atoms. The van der Waals surface area contributed by atoms with Gasteiger partial charge in [0.1, 0.15) is 11.6 Å². The molecule has 0 unspecified atom stereocenters. The van der Waals surface area contributed by atoms with Crippen molar-refractivity contribution in [3.05, 3.63) is 52.2 Å². The molecule has 2 aromatic rings. The number of ether oxygens (including phenoxy) is 1. The van der Waals surface area contributed by atoms with Gasteiger partial charge in [-0.2, -0.15) is 0 Å². The number of carbonyl (C=O) groups is 1. The van der Waals surface area contributed by atoms with Crippen LogP contribution in [0.3, 0.4) is 0 Å². The van der Waals surface area contributed by atoms with Gasteiger partial charge in [-0.15, -0.1) is 0 Å². The van der Waals surface area contributed by atoms with E-state index in [1.807, 2.05) is 47.4 Å². The molecule has 0 bridgehead atoms. The molecule has 1 aromatic carbocycles. The number of pyridine rings is 1. The van der Waals surface area contributed by atoms with Crippen molar-refractivity contribution < 1.29 is 9.53 Å². The van der Waals surface area contributed by atoms with Gasteiger partial charge >= 0.3 is 0 Å². The number of aromatic nitrogens is 1. The lowest BCUT2D eigenvalue weighted by atomic mass is 10.3. The Hall–Kier alpha value is -1.83. The zero-order valence-corrected chi connectivity index (χ0v) is 14.8. The van der Waals surface area contributed by atoms with Gasteiger partial charge in [0.25, 0.3) is 5.91 Å². The summed E-state index contributed by atoms with van der Waals surface area (Å²) in [7, 11) is 0. The minimum absolute atomic E-state index is 0.0327. The SMILES string of the molecule is O=C(COc1ccccc1I)N1CCN(c2ccccn2)CC1. The normalized spacial score (nSPS) is 14.7. The number of carbonyl (C=O) groups excluding carboxylic acids is 1. The summed E-state index contributed by atoms with van der Waals surface area (Å²) in [6.07, 6.45) is 1.79. The highest BCUT2D eigenvalue weighted by Gasteiger charge is 2.22.